The number of halogens is 1. The van der Waals surface area contributed by atoms with Crippen LogP contribution in [-0.4, -0.2) is 18.1 Å². The standard InChI is InChI=1S/C12H10FNO2/c1-16-12(15)7-10-5-3-8-2-4-9(13)6-11(8)14-10/h2-6H,7H2,1H3. The van der Waals surface area contributed by atoms with Crippen molar-refractivity contribution in [2.45, 2.75) is 6.42 Å². The first kappa shape index (κ1) is 10.5. The van der Waals surface area contributed by atoms with Crippen molar-refractivity contribution in [2.75, 3.05) is 7.11 Å². The molecule has 1 heterocycles. The van der Waals surface area contributed by atoms with Crippen molar-refractivity contribution in [1.82, 2.24) is 4.98 Å². The van der Waals surface area contributed by atoms with E-state index < -0.39 is 0 Å². The second-order valence-electron chi connectivity index (χ2n) is 3.39. The molecule has 1 aromatic heterocycles. The van der Waals surface area contributed by atoms with E-state index in [0.717, 1.165) is 5.39 Å². The van der Waals surface area contributed by atoms with Crippen molar-refractivity contribution in [1.29, 1.82) is 0 Å². The van der Waals surface area contributed by atoms with Crippen LogP contribution in [0.2, 0.25) is 0 Å². The number of nitrogens with zero attached hydrogens (tertiary/aromatic N) is 1. The monoisotopic (exact) mass is 219 g/mol. The van der Waals surface area contributed by atoms with Crippen molar-refractivity contribution < 1.29 is 13.9 Å². The van der Waals surface area contributed by atoms with Crippen LogP contribution in [0.4, 0.5) is 4.39 Å². The fourth-order valence-corrected chi connectivity index (χ4v) is 1.45. The van der Waals surface area contributed by atoms with Gasteiger partial charge in [0.15, 0.2) is 0 Å². The first-order valence-corrected chi connectivity index (χ1v) is 4.81. The summed E-state index contributed by atoms with van der Waals surface area (Å²) in [5, 5.41) is 0.843. The van der Waals surface area contributed by atoms with E-state index in [2.05, 4.69) is 9.72 Å². The highest BCUT2D eigenvalue weighted by Crippen LogP contribution is 2.14. The van der Waals surface area contributed by atoms with E-state index in [1.54, 1.807) is 18.2 Å². The van der Waals surface area contributed by atoms with E-state index in [1.165, 1.54) is 19.2 Å². The minimum Gasteiger partial charge on any atom is -0.469 e. The van der Waals surface area contributed by atoms with Gasteiger partial charge in [-0.1, -0.05) is 6.07 Å². The highest BCUT2D eigenvalue weighted by atomic mass is 19.1. The third-order valence-corrected chi connectivity index (χ3v) is 2.26. The summed E-state index contributed by atoms with van der Waals surface area (Å²) in [4.78, 5) is 15.2. The van der Waals surface area contributed by atoms with Crippen LogP contribution in [0.3, 0.4) is 0 Å². The van der Waals surface area contributed by atoms with Gasteiger partial charge in [-0.3, -0.25) is 9.78 Å². The molecular weight excluding hydrogens is 209 g/mol. The summed E-state index contributed by atoms with van der Waals surface area (Å²) in [6, 6.07) is 7.91. The van der Waals surface area contributed by atoms with E-state index in [1.807, 2.05) is 0 Å². The molecule has 0 aliphatic heterocycles. The normalized spacial score (nSPS) is 10.4. The molecule has 0 radical (unpaired) electrons. The van der Waals surface area contributed by atoms with Crippen molar-refractivity contribution >= 4 is 16.9 Å². The summed E-state index contributed by atoms with van der Waals surface area (Å²) >= 11 is 0. The zero-order valence-electron chi connectivity index (χ0n) is 8.74. The smallest absolute Gasteiger partial charge is 0.311 e. The molecule has 2 aromatic rings. The predicted molar refractivity (Wildman–Crippen MR) is 57.4 cm³/mol. The Morgan fingerprint density at radius 2 is 2.12 bits per heavy atom. The lowest BCUT2D eigenvalue weighted by molar-refractivity contribution is -0.139. The zero-order chi connectivity index (χ0) is 11.5. The van der Waals surface area contributed by atoms with Gasteiger partial charge in [-0.15, -0.1) is 0 Å². The van der Waals surface area contributed by atoms with Gasteiger partial charge in [0.1, 0.15) is 5.82 Å². The number of aromatic nitrogens is 1. The molecule has 0 aliphatic rings. The van der Waals surface area contributed by atoms with E-state index >= 15 is 0 Å². The van der Waals surface area contributed by atoms with Crippen molar-refractivity contribution in [2.24, 2.45) is 0 Å². The Labute approximate surface area is 91.9 Å². The SMILES string of the molecule is COC(=O)Cc1ccc2ccc(F)cc2n1. The molecule has 0 amide bonds. The average molecular weight is 219 g/mol. The largest absolute Gasteiger partial charge is 0.469 e. The fourth-order valence-electron chi connectivity index (χ4n) is 1.45. The van der Waals surface area contributed by atoms with Crippen LogP contribution in [0, 0.1) is 5.82 Å². The predicted octanol–water partition coefficient (Wildman–Crippen LogP) is 2.09. The van der Waals surface area contributed by atoms with E-state index in [-0.39, 0.29) is 18.2 Å². The number of methoxy groups -OCH3 is 1. The Morgan fingerprint density at radius 1 is 1.38 bits per heavy atom. The van der Waals surface area contributed by atoms with Crippen molar-refractivity contribution in [3.8, 4) is 0 Å². The Hall–Kier alpha value is -1.97. The van der Waals surface area contributed by atoms with Crippen LogP contribution in [0.15, 0.2) is 30.3 Å². The van der Waals surface area contributed by atoms with Crippen molar-refractivity contribution in [3.05, 3.63) is 41.8 Å². The number of benzene rings is 1. The van der Waals surface area contributed by atoms with Crippen LogP contribution in [-0.2, 0) is 16.0 Å². The molecule has 16 heavy (non-hydrogen) atoms. The third-order valence-electron chi connectivity index (χ3n) is 2.26. The summed E-state index contributed by atoms with van der Waals surface area (Å²) in [6.45, 7) is 0. The minimum absolute atomic E-state index is 0.100. The number of ether oxygens (including phenoxy) is 1. The fraction of sp³-hybridized carbons (Fsp3) is 0.167. The van der Waals surface area contributed by atoms with Crippen LogP contribution < -0.4 is 0 Å². The van der Waals surface area contributed by atoms with Gasteiger partial charge >= 0.3 is 5.97 Å². The van der Waals surface area contributed by atoms with Crippen LogP contribution >= 0.6 is 0 Å². The molecule has 2 rings (SSSR count). The molecule has 0 atom stereocenters. The lowest BCUT2D eigenvalue weighted by Gasteiger charge is -2.02. The number of carbonyl (C=O) groups excluding carboxylic acids is 1. The average Bonchev–Trinajstić information content (AvgIpc) is 2.28. The highest BCUT2D eigenvalue weighted by Gasteiger charge is 2.05. The second kappa shape index (κ2) is 4.26. The van der Waals surface area contributed by atoms with Gasteiger partial charge in [0.05, 0.1) is 24.7 Å². The summed E-state index contributed by atoms with van der Waals surface area (Å²) in [5.41, 5.74) is 1.12. The number of pyridine rings is 1. The Kier molecular flexibility index (Phi) is 2.81. The highest BCUT2D eigenvalue weighted by molar-refractivity contribution is 5.79. The zero-order valence-corrected chi connectivity index (χ0v) is 8.74. The molecule has 82 valence electrons. The first-order valence-electron chi connectivity index (χ1n) is 4.81. The van der Waals surface area contributed by atoms with E-state index in [9.17, 15) is 9.18 Å². The molecule has 0 unspecified atom stereocenters. The lowest BCUT2D eigenvalue weighted by Crippen LogP contribution is -2.05. The maximum atomic E-state index is 13.0. The van der Waals surface area contributed by atoms with Crippen LogP contribution in [0.25, 0.3) is 10.9 Å². The van der Waals surface area contributed by atoms with E-state index in [4.69, 9.17) is 0 Å². The lowest BCUT2D eigenvalue weighted by atomic mass is 10.2. The number of fused-ring (bicyclic) bond motifs is 1. The maximum absolute atomic E-state index is 13.0. The van der Waals surface area contributed by atoms with Gasteiger partial charge in [0.2, 0.25) is 0 Å². The Balaban J connectivity index is 2.39. The number of esters is 1. The van der Waals surface area contributed by atoms with Crippen molar-refractivity contribution in [3.63, 3.8) is 0 Å². The molecule has 0 saturated heterocycles. The third kappa shape index (κ3) is 2.16. The van der Waals surface area contributed by atoms with Gasteiger partial charge in [-0.2, -0.15) is 0 Å². The number of rotatable bonds is 2. The van der Waals surface area contributed by atoms with Gasteiger partial charge in [-0.05, 0) is 18.2 Å². The molecule has 0 fully saturated rings. The summed E-state index contributed by atoms with van der Waals surface area (Å²) < 4.78 is 17.5. The summed E-state index contributed by atoms with van der Waals surface area (Å²) in [5.74, 6) is -0.696. The summed E-state index contributed by atoms with van der Waals surface area (Å²) in [7, 11) is 1.32. The molecule has 0 spiro atoms. The van der Waals surface area contributed by atoms with Crippen LogP contribution in [0.1, 0.15) is 5.69 Å². The molecule has 0 aliphatic carbocycles. The molecule has 0 N–H and O–H groups in total. The van der Waals surface area contributed by atoms with Gasteiger partial charge < -0.3 is 4.74 Å². The van der Waals surface area contributed by atoms with Gasteiger partial charge in [0, 0.05) is 11.5 Å². The molecule has 1 aromatic carbocycles. The minimum atomic E-state index is -0.358. The molecular formula is C12H10FNO2. The topological polar surface area (TPSA) is 39.2 Å². The molecule has 4 heteroatoms. The molecule has 3 nitrogen and oxygen atoms in total. The molecule has 0 saturated carbocycles. The first-order chi connectivity index (χ1) is 7.69. The Bertz CT molecular complexity index is 540. The Morgan fingerprint density at radius 3 is 2.88 bits per heavy atom. The van der Waals surface area contributed by atoms with Crippen LogP contribution in [0.5, 0.6) is 0 Å². The van der Waals surface area contributed by atoms with Gasteiger partial charge in [0.25, 0.3) is 0 Å². The van der Waals surface area contributed by atoms with Gasteiger partial charge in [-0.25, -0.2) is 4.39 Å². The second-order valence-corrected chi connectivity index (χ2v) is 3.39. The number of hydrogen-bond donors (Lipinski definition) is 0. The summed E-state index contributed by atoms with van der Waals surface area (Å²) in [6.07, 6.45) is 0.100. The van der Waals surface area contributed by atoms with E-state index in [0.29, 0.717) is 11.2 Å². The quantitative estimate of drug-likeness (QED) is 0.726. The number of carbonyl (C=O) groups is 1. The number of hydrogen-bond acceptors (Lipinski definition) is 3. The maximum Gasteiger partial charge on any atom is 0.311 e. The molecule has 0 bridgehead atoms.